The lowest BCUT2D eigenvalue weighted by molar-refractivity contribution is 0.135. The van der Waals surface area contributed by atoms with E-state index in [0.717, 1.165) is 0 Å². The Morgan fingerprint density at radius 2 is 1.95 bits per heavy atom. The van der Waals surface area contributed by atoms with Crippen molar-refractivity contribution < 1.29 is 19.4 Å². The first-order valence-corrected chi connectivity index (χ1v) is 6.38. The van der Waals surface area contributed by atoms with Crippen LogP contribution < -0.4 is 11.1 Å². The van der Waals surface area contributed by atoms with Crippen molar-refractivity contribution >= 4 is 17.5 Å². The zero-order valence-electron chi connectivity index (χ0n) is 12.3. The van der Waals surface area contributed by atoms with E-state index in [0.29, 0.717) is 30.5 Å². The minimum Gasteiger partial charge on any atom is -0.449 e. The second-order valence-corrected chi connectivity index (χ2v) is 4.46. The third-order valence-electron chi connectivity index (χ3n) is 2.00. The zero-order chi connectivity index (χ0) is 15.4. The van der Waals surface area contributed by atoms with E-state index in [1.165, 1.54) is 0 Å². The average molecular weight is 284 g/mol. The Bertz CT molecular complexity index is 364. The van der Waals surface area contributed by atoms with Crippen LogP contribution in [0.15, 0.2) is 24.3 Å². The molecule has 0 spiro atoms. The SMILES string of the molecule is CC(C)COC(=O)Nc1ccc(N)cc1.COCCO. The van der Waals surface area contributed by atoms with E-state index >= 15 is 0 Å². The molecular formula is C14H24N2O4. The van der Waals surface area contributed by atoms with Crippen molar-refractivity contribution in [3.63, 3.8) is 0 Å². The Kier molecular flexibility index (Phi) is 10.1. The number of benzene rings is 1. The summed E-state index contributed by atoms with van der Waals surface area (Å²) >= 11 is 0. The highest BCUT2D eigenvalue weighted by Gasteiger charge is 2.03. The third kappa shape index (κ3) is 10.2. The average Bonchev–Trinajstić information content (AvgIpc) is 2.41. The van der Waals surface area contributed by atoms with E-state index in [-0.39, 0.29) is 6.61 Å². The van der Waals surface area contributed by atoms with Crippen LogP contribution in [0.4, 0.5) is 16.2 Å². The van der Waals surface area contributed by atoms with Crippen LogP contribution in [0.25, 0.3) is 0 Å². The minimum absolute atomic E-state index is 0.122. The molecule has 1 aromatic rings. The lowest BCUT2D eigenvalue weighted by atomic mass is 10.2. The van der Waals surface area contributed by atoms with E-state index in [9.17, 15) is 4.79 Å². The molecule has 0 aromatic heterocycles. The molecule has 0 atom stereocenters. The standard InChI is InChI=1S/C11H16N2O2.C3H8O2/c1-8(2)7-15-11(14)13-10-5-3-9(12)4-6-10;1-5-3-2-4/h3-6,8H,7,12H2,1-2H3,(H,13,14);4H,2-3H2,1H3. The first kappa shape index (κ1) is 18.2. The molecule has 6 nitrogen and oxygen atoms in total. The van der Waals surface area contributed by atoms with Gasteiger partial charge in [-0.1, -0.05) is 13.8 Å². The Hall–Kier alpha value is -1.79. The fourth-order valence-electron chi connectivity index (χ4n) is 1.05. The summed E-state index contributed by atoms with van der Waals surface area (Å²) in [5, 5.41) is 10.5. The van der Waals surface area contributed by atoms with Crippen molar-refractivity contribution in [1.29, 1.82) is 0 Å². The van der Waals surface area contributed by atoms with Gasteiger partial charge in [0.1, 0.15) is 0 Å². The number of hydrogen-bond acceptors (Lipinski definition) is 5. The smallest absolute Gasteiger partial charge is 0.411 e. The molecular weight excluding hydrogens is 260 g/mol. The molecule has 1 amide bonds. The van der Waals surface area contributed by atoms with Crippen LogP contribution in [0.5, 0.6) is 0 Å². The predicted octanol–water partition coefficient (Wildman–Crippen LogP) is 2.10. The highest BCUT2D eigenvalue weighted by molar-refractivity contribution is 5.84. The number of hydrogen-bond donors (Lipinski definition) is 3. The van der Waals surface area contributed by atoms with Crippen molar-refractivity contribution in [2.24, 2.45) is 5.92 Å². The van der Waals surface area contributed by atoms with Crippen molar-refractivity contribution in [2.45, 2.75) is 13.8 Å². The fourth-order valence-corrected chi connectivity index (χ4v) is 1.05. The lowest BCUT2D eigenvalue weighted by Crippen LogP contribution is -2.16. The first-order chi connectivity index (χ1) is 9.49. The van der Waals surface area contributed by atoms with Crippen LogP contribution >= 0.6 is 0 Å². The Morgan fingerprint density at radius 1 is 1.35 bits per heavy atom. The molecule has 0 bridgehead atoms. The summed E-state index contributed by atoms with van der Waals surface area (Å²) in [6.07, 6.45) is -0.437. The third-order valence-corrected chi connectivity index (χ3v) is 2.00. The minimum atomic E-state index is -0.437. The van der Waals surface area contributed by atoms with Gasteiger partial charge in [-0.05, 0) is 30.2 Å². The predicted molar refractivity (Wildman–Crippen MR) is 79.6 cm³/mol. The number of carbonyl (C=O) groups excluding carboxylic acids is 1. The summed E-state index contributed by atoms with van der Waals surface area (Å²) in [4.78, 5) is 11.2. The van der Waals surface area contributed by atoms with Crippen molar-refractivity contribution in [3.05, 3.63) is 24.3 Å². The molecule has 0 heterocycles. The van der Waals surface area contributed by atoms with Gasteiger partial charge in [0.25, 0.3) is 0 Å². The Balaban J connectivity index is 0.000000621. The van der Waals surface area contributed by atoms with Gasteiger partial charge < -0.3 is 20.3 Å². The van der Waals surface area contributed by atoms with Gasteiger partial charge in [0.2, 0.25) is 0 Å². The van der Waals surface area contributed by atoms with Crippen LogP contribution in [0, 0.1) is 5.92 Å². The van der Waals surface area contributed by atoms with Gasteiger partial charge in [0, 0.05) is 18.5 Å². The molecule has 20 heavy (non-hydrogen) atoms. The molecule has 0 unspecified atom stereocenters. The topological polar surface area (TPSA) is 93.8 Å². The Morgan fingerprint density at radius 3 is 2.35 bits per heavy atom. The van der Waals surface area contributed by atoms with E-state index in [4.69, 9.17) is 15.6 Å². The van der Waals surface area contributed by atoms with E-state index in [1.807, 2.05) is 13.8 Å². The highest BCUT2D eigenvalue weighted by Crippen LogP contribution is 2.10. The van der Waals surface area contributed by atoms with Crippen LogP contribution in [0.2, 0.25) is 0 Å². The van der Waals surface area contributed by atoms with Crippen molar-refractivity contribution in [3.8, 4) is 0 Å². The molecule has 1 rings (SSSR count). The maximum atomic E-state index is 11.2. The normalized spacial score (nSPS) is 9.65. The number of nitrogens with one attached hydrogen (secondary N) is 1. The van der Waals surface area contributed by atoms with Gasteiger partial charge in [-0.25, -0.2) is 4.79 Å². The van der Waals surface area contributed by atoms with E-state index < -0.39 is 6.09 Å². The number of carbonyl (C=O) groups is 1. The van der Waals surface area contributed by atoms with Gasteiger partial charge in [0.15, 0.2) is 0 Å². The number of amides is 1. The van der Waals surface area contributed by atoms with Gasteiger partial charge in [0.05, 0.1) is 19.8 Å². The number of anilines is 2. The maximum absolute atomic E-state index is 11.2. The second-order valence-electron chi connectivity index (χ2n) is 4.46. The number of aliphatic hydroxyl groups is 1. The lowest BCUT2D eigenvalue weighted by Gasteiger charge is -2.08. The molecule has 1 aromatic carbocycles. The number of aliphatic hydroxyl groups excluding tert-OH is 1. The molecule has 0 saturated heterocycles. The summed E-state index contributed by atoms with van der Waals surface area (Å²) in [6.45, 7) is 4.95. The molecule has 0 aliphatic heterocycles. The van der Waals surface area contributed by atoms with Gasteiger partial charge in [-0.2, -0.15) is 0 Å². The van der Waals surface area contributed by atoms with Crippen LogP contribution in [0.1, 0.15) is 13.8 Å². The fraction of sp³-hybridized carbons (Fsp3) is 0.500. The van der Waals surface area contributed by atoms with E-state index in [1.54, 1.807) is 31.4 Å². The summed E-state index contributed by atoms with van der Waals surface area (Å²) in [5.74, 6) is 0.335. The highest BCUT2D eigenvalue weighted by atomic mass is 16.5. The van der Waals surface area contributed by atoms with Gasteiger partial charge in [-0.15, -0.1) is 0 Å². The number of ether oxygens (including phenoxy) is 2. The van der Waals surface area contributed by atoms with Gasteiger partial charge in [-0.3, -0.25) is 5.32 Å². The Labute approximate surface area is 119 Å². The number of nitrogens with two attached hydrogens (primary N) is 1. The summed E-state index contributed by atoms with van der Waals surface area (Å²) in [6, 6.07) is 6.90. The zero-order valence-corrected chi connectivity index (χ0v) is 12.3. The number of methoxy groups -OCH3 is 1. The second kappa shape index (κ2) is 11.1. The summed E-state index contributed by atoms with van der Waals surface area (Å²) in [5.41, 5.74) is 6.85. The molecule has 114 valence electrons. The maximum Gasteiger partial charge on any atom is 0.411 e. The molecule has 0 fully saturated rings. The largest absolute Gasteiger partial charge is 0.449 e. The monoisotopic (exact) mass is 284 g/mol. The molecule has 6 heteroatoms. The first-order valence-electron chi connectivity index (χ1n) is 6.38. The van der Waals surface area contributed by atoms with Crippen molar-refractivity contribution in [1.82, 2.24) is 0 Å². The van der Waals surface area contributed by atoms with Crippen LogP contribution in [0.3, 0.4) is 0 Å². The molecule has 4 N–H and O–H groups in total. The molecule has 0 aliphatic rings. The molecule has 0 aliphatic carbocycles. The van der Waals surface area contributed by atoms with Crippen LogP contribution in [-0.4, -0.2) is 38.1 Å². The number of nitrogen functional groups attached to an aromatic ring is 1. The quantitative estimate of drug-likeness (QED) is 0.720. The van der Waals surface area contributed by atoms with Gasteiger partial charge >= 0.3 is 6.09 Å². The van der Waals surface area contributed by atoms with Crippen LogP contribution in [-0.2, 0) is 9.47 Å². The summed E-state index contributed by atoms with van der Waals surface area (Å²) < 4.78 is 9.40. The van der Waals surface area contributed by atoms with E-state index in [2.05, 4.69) is 10.1 Å². The molecule has 0 radical (unpaired) electrons. The summed E-state index contributed by atoms with van der Waals surface area (Å²) in [7, 11) is 1.55. The van der Waals surface area contributed by atoms with Crippen molar-refractivity contribution in [2.75, 3.05) is 38.0 Å². The number of rotatable bonds is 5. The molecule has 0 saturated carbocycles.